The summed E-state index contributed by atoms with van der Waals surface area (Å²) in [7, 11) is 0. The number of ether oxygens (including phenoxy) is 1. The number of nitrogens with two attached hydrogens (primary N) is 1. The highest BCUT2D eigenvalue weighted by Gasteiger charge is 2.29. The molecule has 0 aliphatic carbocycles. The monoisotopic (exact) mass is 280 g/mol. The van der Waals surface area contributed by atoms with Crippen LogP contribution in [0.5, 0.6) is 0 Å². The van der Waals surface area contributed by atoms with Gasteiger partial charge in [-0.2, -0.15) is 0 Å². The van der Waals surface area contributed by atoms with Crippen LogP contribution in [0.2, 0.25) is 0 Å². The van der Waals surface area contributed by atoms with Gasteiger partial charge < -0.3 is 15.4 Å². The lowest BCUT2D eigenvalue weighted by molar-refractivity contribution is -0.141. The third-order valence-electron chi connectivity index (χ3n) is 3.62. The van der Waals surface area contributed by atoms with Crippen LogP contribution in [0.3, 0.4) is 0 Å². The summed E-state index contributed by atoms with van der Waals surface area (Å²) < 4.78 is 18.6. The van der Waals surface area contributed by atoms with Crippen LogP contribution in [0.25, 0.3) is 0 Å². The van der Waals surface area contributed by atoms with Crippen molar-refractivity contribution >= 4 is 5.91 Å². The van der Waals surface area contributed by atoms with Crippen molar-refractivity contribution in [3.63, 3.8) is 0 Å². The minimum Gasteiger partial charge on any atom is -0.370 e. The number of hydrogen-bond acceptors (Lipinski definition) is 3. The van der Waals surface area contributed by atoms with Crippen LogP contribution in [0.4, 0.5) is 4.39 Å². The van der Waals surface area contributed by atoms with Crippen molar-refractivity contribution < 1.29 is 13.9 Å². The molecule has 2 unspecified atom stereocenters. The van der Waals surface area contributed by atoms with Gasteiger partial charge in [0, 0.05) is 6.54 Å². The topological polar surface area (TPSA) is 55.6 Å². The highest BCUT2D eigenvalue weighted by molar-refractivity contribution is 5.82. The van der Waals surface area contributed by atoms with Gasteiger partial charge in [0.05, 0.1) is 19.2 Å². The maximum atomic E-state index is 12.9. The van der Waals surface area contributed by atoms with Gasteiger partial charge in [0.2, 0.25) is 5.91 Å². The Kier molecular flexibility index (Phi) is 4.73. The molecular weight excluding hydrogens is 259 g/mol. The molecule has 110 valence electrons. The number of benzene rings is 1. The van der Waals surface area contributed by atoms with Crippen LogP contribution in [0.15, 0.2) is 24.3 Å². The minimum atomic E-state index is -0.484. The molecule has 0 aromatic heterocycles. The van der Waals surface area contributed by atoms with Crippen LogP contribution in [-0.4, -0.2) is 36.5 Å². The van der Waals surface area contributed by atoms with Gasteiger partial charge >= 0.3 is 0 Å². The van der Waals surface area contributed by atoms with Gasteiger partial charge in [-0.3, -0.25) is 4.79 Å². The second-order valence-corrected chi connectivity index (χ2v) is 5.47. The maximum absolute atomic E-state index is 12.9. The summed E-state index contributed by atoms with van der Waals surface area (Å²) in [5.74, 6) is -0.218. The van der Waals surface area contributed by atoms with E-state index in [1.165, 1.54) is 12.1 Å². The molecule has 0 spiro atoms. The first-order valence-corrected chi connectivity index (χ1v) is 6.90. The van der Waals surface area contributed by atoms with Crippen LogP contribution in [0.1, 0.15) is 25.5 Å². The van der Waals surface area contributed by atoms with E-state index in [2.05, 4.69) is 0 Å². The number of rotatable bonds is 3. The molecule has 0 radical (unpaired) electrons. The second-order valence-electron chi connectivity index (χ2n) is 5.47. The van der Waals surface area contributed by atoms with Crippen LogP contribution >= 0.6 is 0 Å². The molecule has 0 saturated carbocycles. The van der Waals surface area contributed by atoms with Crippen LogP contribution in [0, 0.1) is 11.7 Å². The van der Waals surface area contributed by atoms with E-state index in [9.17, 15) is 9.18 Å². The molecule has 2 rings (SSSR count). The highest BCUT2D eigenvalue weighted by Crippen LogP contribution is 2.23. The molecule has 1 aliphatic rings. The predicted octanol–water partition coefficient (Wildman–Crippen LogP) is 1.71. The third kappa shape index (κ3) is 3.35. The molecule has 1 aromatic carbocycles. The van der Waals surface area contributed by atoms with Gasteiger partial charge in [-0.25, -0.2) is 4.39 Å². The Morgan fingerprint density at radius 1 is 1.40 bits per heavy atom. The average Bonchev–Trinajstić information content (AvgIpc) is 2.46. The van der Waals surface area contributed by atoms with Gasteiger partial charge in [-0.1, -0.05) is 26.0 Å². The quantitative estimate of drug-likeness (QED) is 0.917. The lowest BCUT2D eigenvalue weighted by Crippen LogP contribution is -2.51. The van der Waals surface area contributed by atoms with Crippen molar-refractivity contribution in [1.29, 1.82) is 0 Å². The molecule has 1 fully saturated rings. The Hall–Kier alpha value is -1.46. The Bertz CT molecular complexity index is 461. The SMILES string of the molecule is CC(C)C(N)C(=O)N1CCOC(c2ccc(F)cc2)C1. The zero-order valence-electron chi connectivity index (χ0n) is 11.9. The van der Waals surface area contributed by atoms with E-state index < -0.39 is 6.04 Å². The number of morpholine rings is 1. The molecule has 2 N–H and O–H groups in total. The molecule has 1 heterocycles. The Balaban J connectivity index is 2.05. The number of halogens is 1. The number of carbonyl (C=O) groups is 1. The first kappa shape index (κ1) is 14.9. The largest absolute Gasteiger partial charge is 0.370 e. The van der Waals surface area contributed by atoms with E-state index >= 15 is 0 Å². The number of amides is 1. The van der Waals surface area contributed by atoms with E-state index in [-0.39, 0.29) is 23.7 Å². The summed E-state index contributed by atoms with van der Waals surface area (Å²) in [6.07, 6.45) is -0.215. The lowest BCUT2D eigenvalue weighted by atomic mass is 10.0. The first-order valence-electron chi connectivity index (χ1n) is 6.90. The Morgan fingerprint density at radius 2 is 2.05 bits per heavy atom. The number of carbonyl (C=O) groups excluding carboxylic acids is 1. The van der Waals surface area contributed by atoms with Gasteiger partial charge in [0.25, 0.3) is 0 Å². The second kappa shape index (κ2) is 6.33. The highest BCUT2D eigenvalue weighted by atomic mass is 19.1. The fourth-order valence-electron chi connectivity index (χ4n) is 2.22. The van der Waals surface area contributed by atoms with Crippen molar-refractivity contribution in [3.05, 3.63) is 35.6 Å². The van der Waals surface area contributed by atoms with Gasteiger partial charge in [-0.05, 0) is 23.6 Å². The van der Waals surface area contributed by atoms with E-state index in [0.717, 1.165) is 5.56 Å². The van der Waals surface area contributed by atoms with Gasteiger partial charge in [0.15, 0.2) is 0 Å². The van der Waals surface area contributed by atoms with Crippen LogP contribution in [-0.2, 0) is 9.53 Å². The smallest absolute Gasteiger partial charge is 0.239 e. The lowest BCUT2D eigenvalue weighted by Gasteiger charge is -2.35. The van der Waals surface area contributed by atoms with Crippen molar-refractivity contribution in [2.45, 2.75) is 26.0 Å². The molecule has 1 aliphatic heterocycles. The zero-order chi connectivity index (χ0) is 14.7. The van der Waals surface area contributed by atoms with Crippen molar-refractivity contribution in [3.8, 4) is 0 Å². The fourth-order valence-corrected chi connectivity index (χ4v) is 2.22. The van der Waals surface area contributed by atoms with Crippen LogP contribution < -0.4 is 5.73 Å². The maximum Gasteiger partial charge on any atom is 0.239 e. The average molecular weight is 280 g/mol. The first-order chi connectivity index (χ1) is 9.49. The zero-order valence-corrected chi connectivity index (χ0v) is 11.9. The van der Waals surface area contributed by atoms with Gasteiger partial charge in [-0.15, -0.1) is 0 Å². The fraction of sp³-hybridized carbons (Fsp3) is 0.533. The molecule has 20 heavy (non-hydrogen) atoms. The van der Waals surface area contributed by atoms with Crippen molar-refractivity contribution in [1.82, 2.24) is 4.90 Å². The predicted molar refractivity (Wildman–Crippen MR) is 74.5 cm³/mol. The van der Waals surface area contributed by atoms with Gasteiger partial charge in [0.1, 0.15) is 11.9 Å². The van der Waals surface area contributed by atoms with E-state index in [1.54, 1.807) is 17.0 Å². The van der Waals surface area contributed by atoms with Crippen molar-refractivity contribution in [2.24, 2.45) is 11.7 Å². The van der Waals surface area contributed by atoms with E-state index in [0.29, 0.717) is 19.7 Å². The summed E-state index contributed by atoms with van der Waals surface area (Å²) in [6.45, 7) is 5.35. The molecule has 5 heteroatoms. The summed E-state index contributed by atoms with van der Waals surface area (Å²) in [5.41, 5.74) is 6.79. The molecule has 1 aromatic rings. The molecule has 0 bridgehead atoms. The molecule has 4 nitrogen and oxygen atoms in total. The minimum absolute atomic E-state index is 0.0459. The van der Waals surface area contributed by atoms with Crippen molar-refractivity contribution in [2.75, 3.05) is 19.7 Å². The third-order valence-corrected chi connectivity index (χ3v) is 3.62. The summed E-state index contributed by atoms with van der Waals surface area (Å²) in [4.78, 5) is 14.0. The molecule has 2 atom stereocenters. The Labute approximate surface area is 118 Å². The molecule has 1 saturated heterocycles. The number of nitrogens with zero attached hydrogens (tertiary/aromatic N) is 1. The normalized spacial score (nSPS) is 21.1. The molecular formula is C15H21FN2O2. The van der Waals surface area contributed by atoms with E-state index in [4.69, 9.17) is 10.5 Å². The number of hydrogen-bond donors (Lipinski definition) is 1. The summed E-state index contributed by atoms with van der Waals surface area (Å²) in [6, 6.07) is 5.70. The van der Waals surface area contributed by atoms with E-state index in [1.807, 2.05) is 13.8 Å². The molecule has 1 amide bonds. The summed E-state index contributed by atoms with van der Waals surface area (Å²) >= 11 is 0. The Morgan fingerprint density at radius 3 is 2.65 bits per heavy atom. The standard InChI is InChI=1S/C15H21FN2O2/c1-10(2)14(17)15(19)18-7-8-20-13(9-18)11-3-5-12(16)6-4-11/h3-6,10,13-14H,7-9,17H2,1-2H3. The summed E-state index contributed by atoms with van der Waals surface area (Å²) in [5, 5.41) is 0.